The molecule has 108 valence electrons. The Labute approximate surface area is 118 Å². The third-order valence-corrected chi connectivity index (χ3v) is 3.56. The van der Waals surface area contributed by atoms with Gasteiger partial charge in [0.15, 0.2) is 0 Å². The zero-order valence-electron chi connectivity index (χ0n) is 11.9. The average Bonchev–Trinajstić information content (AvgIpc) is 3.23. The van der Waals surface area contributed by atoms with E-state index in [2.05, 4.69) is 0 Å². The minimum absolute atomic E-state index is 0.0101. The van der Waals surface area contributed by atoms with E-state index in [9.17, 15) is 9.59 Å². The highest BCUT2D eigenvalue weighted by atomic mass is 16.4. The average molecular weight is 276 g/mol. The first-order valence-corrected chi connectivity index (χ1v) is 6.82. The summed E-state index contributed by atoms with van der Waals surface area (Å²) in [5.41, 5.74) is 1.89. The number of hydrogen-bond donors (Lipinski definition) is 1. The van der Waals surface area contributed by atoms with Crippen molar-refractivity contribution in [3.8, 4) is 0 Å². The van der Waals surface area contributed by atoms with Gasteiger partial charge in [0.2, 0.25) is 0 Å². The molecule has 0 spiro atoms. The molecule has 0 atom stereocenters. The quantitative estimate of drug-likeness (QED) is 0.898. The molecule has 0 heterocycles. The molecule has 5 nitrogen and oxygen atoms in total. The molecule has 0 aromatic heterocycles. The van der Waals surface area contributed by atoms with Gasteiger partial charge in [-0.25, -0.2) is 4.79 Å². The number of urea groups is 1. The second-order valence-corrected chi connectivity index (χ2v) is 5.20. The first-order valence-electron chi connectivity index (χ1n) is 6.82. The molecule has 0 radical (unpaired) electrons. The fourth-order valence-corrected chi connectivity index (χ4v) is 2.27. The van der Waals surface area contributed by atoms with E-state index in [4.69, 9.17) is 5.11 Å². The van der Waals surface area contributed by atoms with Crippen LogP contribution in [0.2, 0.25) is 0 Å². The molecule has 20 heavy (non-hydrogen) atoms. The molecular formula is C15H20N2O3. The van der Waals surface area contributed by atoms with Crippen LogP contribution in [0.15, 0.2) is 24.3 Å². The van der Waals surface area contributed by atoms with E-state index in [0.29, 0.717) is 0 Å². The summed E-state index contributed by atoms with van der Waals surface area (Å²) in [6.07, 6.45) is 1.92. The third-order valence-electron chi connectivity index (χ3n) is 3.56. The van der Waals surface area contributed by atoms with Crippen molar-refractivity contribution in [3.63, 3.8) is 0 Å². The summed E-state index contributed by atoms with van der Waals surface area (Å²) < 4.78 is 0. The third kappa shape index (κ3) is 3.29. The van der Waals surface area contributed by atoms with Gasteiger partial charge in [-0.2, -0.15) is 0 Å². The van der Waals surface area contributed by atoms with Crippen molar-refractivity contribution >= 4 is 17.7 Å². The van der Waals surface area contributed by atoms with Gasteiger partial charge in [0, 0.05) is 25.3 Å². The molecule has 0 unspecified atom stereocenters. The number of nitrogens with zero attached hydrogens (tertiary/aromatic N) is 2. The lowest BCUT2D eigenvalue weighted by Crippen LogP contribution is -2.43. The lowest BCUT2D eigenvalue weighted by atomic mass is 10.2. The van der Waals surface area contributed by atoms with E-state index in [-0.39, 0.29) is 25.0 Å². The van der Waals surface area contributed by atoms with Crippen molar-refractivity contribution < 1.29 is 14.7 Å². The molecule has 1 N–H and O–H groups in total. The van der Waals surface area contributed by atoms with Gasteiger partial charge in [0.05, 0.1) is 6.42 Å². The van der Waals surface area contributed by atoms with E-state index in [1.54, 1.807) is 16.8 Å². The first kappa shape index (κ1) is 14.4. The summed E-state index contributed by atoms with van der Waals surface area (Å²) >= 11 is 0. The van der Waals surface area contributed by atoms with Crippen molar-refractivity contribution in [2.75, 3.05) is 18.5 Å². The number of carboxylic acid groups (broad SMARTS) is 1. The number of aryl methyl sites for hydroxylation is 1. The van der Waals surface area contributed by atoms with Gasteiger partial charge in [-0.3, -0.25) is 9.69 Å². The second kappa shape index (κ2) is 5.94. The van der Waals surface area contributed by atoms with Crippen LogP contribution in [0.4, 0.5) is 10.5 Å². The van der Waals surface area contributed by atoms with E-state index in [1.165, 1.54) is 0 Å². The number of anilines is 1. The molecule has 2 amide bonds. The molecule has 1 aliphatic carbocycles. The number of carbonyl (C=O) groups excluding carboxylic acids is 1. The predicted molar refractivity (Wildman–Crippen MR) is 77.0 cm³/mol. The molecule has 1 aromatic rings. The van der Waals surface area contributed by atoms with Crippen LogP contribution in [0.5, 0.6) is 0 Å². The highest BCUT2D eigenvalue weighted by molar-refractivity contribution is 5.92. The zero-order valence-corrected chi connectivity index (χ0v) is 11.9. The Balaban J connectivity index is 2.11. The van der Waals surface area contributed by atoms with Gasteiger partial charge in [-0.15, -0.1) is 0 Å². The Morgan fingerprint density at radius 2 is 1.95 bits per heavy atom. The van der Waals surface area contributed by atoms with Crippen molar-refractivity contribution in [2.24, 2.45) is 0 Å². The molecule has 1 aromatic carbocycles. The summed E-state index contributed by atoms with van der Waals surface area (Å²) in [4.78, 5) is 26.5. The normalized spacial score (nSPS) is 13.9. The first-order chi connectivity index (χ1) is 9.50. The standard InChI is InChI=1S/C15H20N2O3/c1-11-5-3-4-6-13(11)16(2)15(20)17(12-7-8-12)10-9-14(18)19/h3-6,12H,7-10H2,1-2H3,(H,18,19). The Hall–Kier alpha value is -2.04. The monoisotopic (exact) mass is 276 g/mol. The smallest absolute Gasteiger partial charge is 0.324 e. The summed E-state index contributed by atoms with van der Waals surface area (Å²) in [5.74, 6) is -0.873. The predicted octanol–water partition coefficient (Wildman–Crippen LogP) is 2.49. The molecule has 0 aliphatic heterocycles. The number of aliphatic carboxylic acids is 1. The number of carboxylic acids is 1. The Morgan fingerprint density at radius 1 is 1.30 bits per heavy atom. The molecule has 2 rings (SSSR count). The summed E-state index contributed by atoms with van der Waals surface area (Å²) in [6.45, 7) is 2.23. The van der Waals surface area contributed by atoms with Gasteiger partial charge < -0.3 is 10.0 Å². The number of carbonyl (C=O) groups is 2. The fraction of sp³-hybridized carbons (Fsp3) is 0.467. The van der Waals surface area contributed by atoms with Crippen molar-refractivity contribution in [3.05, 3.63) is 29.8 Å². The van der Waals surface area contributed by atoms with Crippen LogP contribution < -0.4 is 4.90 Å². The van der Waals surface area contributed by atoms with Crippen molar-refractivity contribution in [1.29, 1.82) is 0 Å². The van der Waals surface area contributed by atoms with Gasteiger partial charge in [-0.1, -0.05) is 18.2 Å². The maximum Gasteiger partial charge on any atom is 0.324 e. The number of amides is 2. The van der Waals surface area contributed by atoms with Gasteiger partial charge in [0.25, 0.3) is 0 Å². The summed E-state index contributed by atoms with van der Waals surface area (Å²) in [5, 5.41) is 8.79. The molecule has 1 fully saturated rings. The lowest BCUT2D eigenvalue weighted by Gasteiger charge is -2.28. The van der Waals surface area contributed by atoms with Crippen LogP contribution in [0.1, 0.15) is 24.8 Å². The fourth-order valence-electron chi connectivity index (χ4n) is 2.27. The maximum atomic E-state index is 12.5. The summed E-state index contributed by atoms with van der Waals surface area (Å²) in [6, 6.07) is 7.76. The number of rotatable bonds is 5. The van der Waals surface area contributed by atoms with Gasteiger partial charge >= 0.3 is 12.0 Å². The Kier molecular flexibility index (Phi) is 4.27. The van der Waals surface area contributed by atoms with Crippen LogP contribution in [0.25, 0.3) is 0 Å². The molecule has 0 saturated heterocycles. The highest BCUT2D eigenvalue weighted by Crippen LogP contribution is 2.29. The maximum absolute atomic E-state index is 12.5. The molecule has 5 heteroatoms. The van der Waals surface area contributed by atoms with E-state index < -0.39 is 5.97 Å². The molecule has 0 bridgehead atoms. The van der Waals surface area contributed by atoms with Crippen LogP contribution in [0.3, 0.4) is 0 Å². The lowest BCUT2D eigenvalue weighted by molar-refractivity contribution is -0.137. The topological polar surface area (TPSA) is 60.9 Å². The van der Waals surface area contributed by atoms with Crippen LogP contribution in [-0.4, -0.2) is 41.6 Å². The SMILES string of the molecule is Cc1ccccc1N(C)C(=O)N(CCC(=O)O)C1CC1. The van der Waals surface area contributed by atoms with Gasteiger partial charge in [0.1, 0.15) is 0 Å². The van der Waals surface area contributed by atoms with E-state index >= 15 is 0 Å². The van der Waals surface area contributed by atoms with E-state index in [0.717, 1.165) is 24.1 Å². The van der Waals surface area contributed by atoms with Crippen molar-refractivity contribution in [1.82, 2.24) is 4.90 Å². The largest absolute Gasteiger partial charge is 0.481 e. The summed E-state index contributed by atoms with van der Waals surface area (Å²) in [7, 11) is 1.74. The zero-order chi connectivity index (χ0) is 14.7. The molecular weight excluding hydrogens is 256 g/mol. The van der Waals surface area contributed by atoms with Crippen LogP contribution >= 0.6 is 0 Å². The molecule has 1 aliphatic rings. The highest BCUT2D eigenvalue weighted by Gasteiger charge is 2.34. The van der Waals surface area contributed by atoms with Crippen molar-refractivity contribution in [2.45, 2.75) is 32.2 Å². The van der Waals surface area contributed by atoms with Crippen LogP contribution in [-0.2, 0) is 4.79 Å². The minimum atomic E-state index is -0.873. The molecule has 1 saturated carbocycles. The number of benzene rings is 1. The Bertz CT molecular complexity index is 512. The van der Waals surface area contributed by atoms with Crippen LogP contribution in [0, 0.1) is 6.92 Å². The number of para-hydroxylation sites is 1. The Morgan fingerprint density at radius 3 is 2.50 bits per heavy atom. The number of hydrogen-bond acceptors (Lipinski definition) is 2. The minimum Gasteiger partial charge on any atom is -0.481 e. The second-order valence-electron chi connectivity index (χ2n) is 5.20. The van der Waals surface area contributed by atoms with Gasteiger partial charge in [-0.05, 0) is 31.4 Å². The van der Waals surface area contributed by atoms with E-state index in [1.807, 2.05) is 31.2 Å².